The number of hydrogen-bond donors (Lipinski definition) is 2. The molecule has 1 aromatic rings. The molecule has 0 aromatic heterocycles. The Kier molecular flexibility index (Phi) is 4.80. The fraction of sp³-hybridized carbons (Fsp3) is 0.364. The molecule has 0 amide bonds. The number of nitrogens with one attached hydrogen (secondary N) is 1. The zero-order chi connectivity index (χ0) is 12.3. The van der Waals surface area contributed by atoms with Gasteiger partial charge in [-0.3, -0.25) is 0 Å². The SMILES string of the molecule is CC(C)CNc1c(Br)cc(Br)cc1C(=O)O. The van der Waals surface area contributed by atoms with Crippen molar-refractivity contribution in [3.63, 3.8) is 0 Å². The van der Waals surface area contributed by atoms with E-state index in [0.717, 1.165) is 15.5 Å². The zero-order valence-corrected chi connectivity index (χ0v) is 12.2. The molecule has 0 spiro atoms. The van der Waals surface area contributed by atoms with Crippen LogP contribution >= 0.6 is 31.9 Å². The highest BCUT2D eigenvalue weighted by Crippen LogP contribution is 2.30. The highest BCUT2D eigenvalue weighted by molar-refractivity contribution is 9.11. The maximum Gasteiger partial charge on any atom is 0.337 e. The van der Waals surface area contributed by atoms with Crippen LogP contribution < -0.4 is 5.32 Å². The highest BCUT2D eigenvalue weighted by atomic mass is 79.9. The average molecular weight is 351 g/mol. The van der Waals surface area contributed by atoms with E-state index < -0.39 is 5.97 Å². The molecule has 0 atom stereocenters. The quantitative estimate of drug-likeness (QED) is 0.863. The van der Waals surface area contributed by atoms with E-state index in [9.17, 15) is 4.79 Å². The molecule has 0 saturated carbocycles. The number of anilines is 1. The third-order valence-corrected chi connectivity index (χ3v) is 3.06. The number of carbonyl (C=O) groups is 1. The van der Waals surface area contributed by atoms with Crippen LogP contribution in [0.1, 0.15) is 24.2 Å². The Hall–Kier alpha value is -0.550. The minimum absolute atomic E-state index is 0.266. The van der Waals surface area contributed by atoms with Gasteiger partial charge in [-0.25, -0.2) is 4.79 Å². The Morgan fingerprint density at radius 2 is 2.06 bits per heavy atom. The van der Waals surface area contributed by atoms with Crippen LogP contribution in [0.25, 0.3) is 0 Å². The second-order valence-electron chi connectivity index (χ2n) is 3.89. The molecule has 0 aliphatic heterocycles. The van der Waals surface area contributed by atoms with Gasteiger partial charge in [-0.1, -0.05) is 29.8 Å². The first-order valence-corrected chi connectivity index (χ1v) is 6.46. The minimum atomic E-state index is -0.937. The van der Waals surface area contributed by atoms with Crippen molar-refractivity contribution in [2.75, 3.05) is 11.9 Å². The van der Waals surface area contributed by atoms with Crippen LogP contribution in [0.4, 0.5) is 5.69 Å². The fourth-order valence-corrected chi connectivity index (χ4v) is 2.59. The first kappa shape index (κ1) is 13.5. The van der Waals surface area contributed by atoms with Crippen molar-refractivity contribution in [2.45, 2.75) is 13.8 Å². The van der Waals surface area contributed by atoms with Crippen LogP contribution in [0.2, 0.25) is 0 Å². The van der Waals surface area contributed by atoms with E-state index in [2.05, 4.69) is 51.0 Å². The van der Waals surface area contributed by atoms with Crippen molar-refractivity contribution in [3.05, 3.63) is 26.6 Å². The Labute approximate surface area is 111 Å². The Bertz CT molecular complexity index is 405. The second-order valence-corrected chi connectivity index (χ2v) is 5.66. The summed E-state index contributed by atoms with van der Waals surface area (Å²) < 4.78 is 1.49. The lowest BCUT2D eigenvalue weighted by Gasteiger charge is -2.14. The van der Waals surface area contributed by atoms with Crippen LogP contribution in [0, 0.1) is 5.92 Å². The van der Waals surface area contributed by atoms with Gasteiger partial charge in [-0.15, -0.1) is 0 Å². The molecule has 0 unspecified atom stereocenters. The molecule has 3 nitrogen and oxygen atoms in total. The fourth-order valence-electron chi connectivity index (χ4n) is 1.23. The van der Waals surface area contributed by atoms with E-state index in [1.54, 1.807) is 6.07 Å². The normalized spacial score (nSPS) is 10.6. The first-order chi connectivity index (χ1) is 7.41. The third kappa shape index (κ3) is 3.49. The maximum absolute atomic E-state index is 11.1. The molecule has 0 bridgehead atoms. The van der Waals surface area contributed by atoms with Crippen molar-refractivity contribution in [1.82, 2.24) is 0 Å². The van der Waals surface area contributed by atoms with Crippen molar-refractivity contribution in [1.29, 1.82) is 0 Å². The van der Waals surface area contributed by atoms with E-state index in [-0.39, 0.29) is 5.56 Å². The number of aromatic carboxylic acids is 1. The van der Waals surface area contributed by atoms with Gasteiger partial charge < -0.3 is 10.4 Å². The second kappa shape index (κ2) is 5.68. The van der Waals surface area contributed by atoms with E-state index in [0.29, 0.717) is 11.6 Å². The lowest BCUT2D eigenvalue weighted by atomic mass is 10.1. The lowest BCUT2D eigenvalue weighted by Crippen LogP contribution is -2.12. The van der Waals surface area contributed by atoms with Crippen LogP contribution in [0.15, 0.2) is 21.1 Å². The van der Waals surface area contributed by atoms with Gasteiger partial charge in [0.25, 0.3) is 0 Å². The summed E-state index contributed by atoms with van der Waals surface area (Å²) in [6.45, 7) is 4.88. The summed E-state index contributed by atoms with van der Waals surface area (Å²) >= 11 is 6.63. The molecule has 16 heavy (non-hydrogen) atoms. The summed E-state index contributed by atoms with van der Waals surface area (Å²) in [7, 11) is 0. The molecule has 1 aromatic carbocycles. The molecular weight excluding hydrogens is 338 g/mol. The predicted octanol–water partition coefficient (Wildman–Crippen LogP) is 3.98. The molecule has 88 valence electrons. The predicted molar refractivity (Wildman–Crippen MR) is 72.1 cm³/mol. The molecule has 5 heteroatoms. The van der Waals surface area contributed by atoms with E-state index in [1.807, 2.05) is 6.07 Å². The van der Waals surface area contributed by atoms with E-state index in [4.69, 9.17) is 5.11 Å². The van der Waals surface area contributed by atoms with E-state index in [1.165, 1.54) is 0 Å². The van der Waals surface area contributed by atoms with Crippen LogP contribution in [-0.4, -0.2) is 17.6 Å². The average Bonchev–Trinajstić information content (AvgIpc) is 2.14. The van der Waals surface area contributed by atoms with Gasteiger partial charge in [0.1, 0.15) is 0 Å². The Morgan fingerprint density at radius 3 is 2.56 bits per heavy atom. The van der Waals surface area contributed by atoms with Gasteiger partial charge in [-0.2, -0.15) is 0 Å². The van der Waals surface area contributed by atoms with Gasteiger partial charge in [0.15, 0.2) is 0 Å². The van der Waals surface area contributed by atoms with Gasteiger partial charge >= 0.3 is 5.97 Å². The molecule has 0 saturated heterocycles. The van der Waals surface area contributed by atoms with E-state index >= 15 is 0 Å². The third-order valence-electron chi connectivity index (χ3n) is 1.97. The largest absolute Gasteiger partial charge is 0.478 e. The number of benzene rings is 1. The maximum atomic E-state index is 11.1. The van der Waals surface area contributed by atoms with Crippen LogP contribution in [0.5, 0.6) is 0 Å². The number of carboxylic acid groups (broad SMARTS) is 1. The molecule has 1 rings (SSSR count). The van der Waals surface area contributed by atoms with Crippen LogP contribution in [-0.2, 0) is 0 Å². The monoisotopic (exact) mass is 349 g/mol. The summed E-state index contributed by atoms with van der Waals surface area (Å²) in [4.78, 5) is 11.1. The van der Waals surface area contributed by atoms with Crippen molar-refractivity contribution < 1.29 is 9.90 Å². The first-order valence-electron chi connectivity index (χ1n) is 4.88. The molecule has 0 aliphatic rings. The highest BCUT2D eigenvalue weighted by Gasteiger charge is 2.14. The molecule has 0 aliphatic carbocycles. The Balaban J connectivity index is 3.09. The molecule has 0 heterocycles. The summed E-state index contributed by atoms with van der Waals surface area (Å²) in [5.41, 5.74) is 0.895. The summed E-state index contributed by atoms with van der Waals surface area (Å²) in [6.07, 6.45) is 0. The van der Waals surface area contributed by atoms with Crippen molar-refractivity contribution >= 4 is 43.5 Å². The molecule has 2 N–H and O–H groups in total. The summed E-state index contributed by atoms with van der Waals surface area (Å²) in [5, 5.41) is 12.2. The minimum Gasteiger partial charge on any atom is -0.478 e. The lowest BCUT2D eigenvalue weighted by molar-refractivity contribution is 0.0697. The van der Waals surface area contributed by atoms with Crippen LogP contribution in [0.3, 0.4) is 0 Å². The van der Waals surface area contributed by atoms with Crippen molar-refractivity contribution in [3.8, 4) is 0 Å². The smallest absolute Gasteiger partial charge is 0.337 e. The zero-order valence-electron chi connectivity index (χ0n) is 9.05. The standard InChI is InChI=1S/C11H13Br2NO2/c1-6(2)5-14-10-8(11(15)16)3-7(12)4-9(10)13/h3-4,6,14H,5H2,1-2H3,(H,15,16). The number of halogens is 2. The summed E-state index contributed by atoms with van der Waals surface area (Å²) in [6, 6.07) is 3.42. The summed E-state index contributed by atoms with van der Waals surface area (Å²) in [5.74, 6) is -0.481. The van der Waals surface area contributed by atoms with Gasteiger partial charge in [0, 0.05) is 15.5 Å². The van der Waals surface area contributed by atoms with Gasteiger partial charge in [0.2, 0.25) is 0 Å². The number of carboxylic acids is 1. The topological polar surface area (TPSA) is 49.3 Å². The molecule has 0 fully saturated rings. The number of hydrogen-bond acceptors (Lipinski definition) is 2. The molecular formula is C11H13Br2NO2. The van der Waals surface area contributed by atoms with Gasteiger partial charge in [-0.05, 0) is 34.0 Å². The van der Waals surface area contributed by atoms with Gasteiger partial charge in [0.05, 0.1) is 11.3 Å². The van der Waals surface area contributed by atoms with Crippen molar-refractivity contribution in [2.24, 2.45) is 5.92 Å². The number of rotatable bonds is 4. The molecule has 0 radical (unpaired) electrons. The Morgan fingerprint density at radius 1 is 1.44 bits per heavy atom.